The largest absolute Gasteiger partial charge is 0.490 e. The van der Waals surface area contributed by atoms with E-state index in [9.17, 15) is 23.1 Å². The maximum atomic E-state index is 13.4. The van der Waals surface area contributed by atoms with Gasteiger partial charge in [-0.1, -0.05) is 0 Å². The number of ether oxygens (including phenoxy) is 2. The third kappa shape index (κ3) is 3.30. The van der Waals surface area contributed by atoms with Gasteiger partial charge in [0.15, 0.2) is 11.6 Å². The number of piperidine rings is 1. The molecule has 2 aliphatic heterocycles. The van der Waals surface area contributed by atoms with Gasteiger partial charge < -0.3 is 19.5 Å². The minimum atomic E-state index is -3.12. The Kier molecular flexibility index (Phi) is 4.23. The number of nitrogens with zero attached hydrogens (tertiary/aromatic N) is 1. The molecule has 0 spiro atoms. The Morgan fingerprint density at radius 2 is 1.91 bits per heavy atom. The summed E-state index contributed by atoms with van der Waals surface area (Å²) in [4.78, 5) is 12.7. The van der Waals surface area contributed by atoms with E-state index in [4.69, 9.17) is 4.74 Å². The summed E-state index contributed by atoms with van der Waals surface area (Å²) in [5.41, 5.74) is 0. The molecule has 2 saturated heterocycles. The number of carboxylic acid groups (broad SMARTS) is 1. The van der Waals surface area contributed by atoms with Crippen LogP contribution in [0.4, 0.5) is 18.0 Å². The minimum absolute atomic E-state index is 0.0894. The lowest BCUT2D eigenvalue weighted by molar-refractivity contribution is -0.0523. The van der Waals surface area contributed by atoms with E-state index in [1.54, 1.807) is 0 Å². The Labute approximate surface area is 130 Å². The second-order valence-electron chi connectivity index (χ2n) is 5.76. The van der Waals surface area contributed by atoms with Crippen molar-refractivity contribution in [1.82, 2.24) is 4.90 Å². The number of carbonyl (C=O) groups is 1. The van der Waals surface area contributed by atoms with Crippen molar-refractivity contribution >= 4 is 6.09 Å². The zero-order valence-corrected chi connectivity index (χ0v) is 12.1. The molecule has 126 valence electrons. The fourth-order valence-corrected chi connectivity index (χ4v) is 3.47. The second-order valence-corrected chi connectivity index (χ2v) is 5.76. The van der Waals surface area contributed by atoms with Gasteiger partial charge >= 0.3 is 12.7 Å². The van der Waals surface area contributed by atoms with Crippen LogP contribution in [0.2, 0.25) is 0 Å². The van der Waals surface area contributed by atoms with Crippen LogP contribution < -0.4 is 9.47 Å². The van der Waals surface area contributed by atoms with Gasteiger partial charge in [0.25, 0.3) is 0 Å². The van der Waals surface area contributed by atoms with E-state index >= 15 is 0 Å². The van der Waals surface area contributed by atoms with Gasteiger partial charge in [-0.05, 0) is 25.0 Å². The highest BCUT2D eigenvalue weighted by atomic mass is 19.3. The van der Waals surface area contributed by atoms with Crippen molar-refractivity contribution in [3.63, 3.8) is 0 Å². The van der Waals surface area contributed by atoms with E-state index < -0.39 is 24.3 Å². The summed E-state index contributed by atoms with van der Waals surface area (Å²) in [6.45, 7) is -3.12. The maximum absolute atomic E-state index is 13.4. The number of benzene rings is 1. The van der Waals surface area contributed by atoms with E-state index in [0.717, 1.165) is 25.0 Å². The van der Waals surface area contributed by atoms with Crippen molar-refractivity contribution in [2.24, 2.45) is 0 Å². The van der Waals surface area contributed by atoms with Gasteiger partial charge in [-0.15, -0.1) is 0 Å². The number of alkyl halides is 2. The summed E-state index contributed by atoms with van der Waals surface area (Å²) in [5, 5.41) is 9.20. The molecule has 8 heteroatoms. The average Bonchev–Trinajstić information content (AvgIpc) is 2.74. The van der Waals surface area contributed by atoms with Gasteiger partial charge in [0, 0.05) is 31.0 Å². The molecule has 2 fully saturated rings. The molecule has 0 radical (unpaired) electrons. The van der Waals surface area contributed by atoms with Crippen LogP contribution in [0.1, 0.15) is 25.7 Å². The van der Waals surface area contributed by atoms with Crippen LogP contribution in [0.25, 0.3) is 0 Å². The number of halogens is 3. The van der Waals surface area contributed by atoms with Crippen molar-refractivity contribution in [1.29, 1.82) is 0 Å². The SMILES string of the molecule is O=C(O)N1C2CCC1CC(Oc1ccc(F)c(OC(F)F)c1)C2. The first kappa shape index (κ1) is 15.8. The average molecular weight is 331 g/mol. The molecule has 0 saturated carbocycles. The van der Waals surface area contributed by atoms with E-state index in [1.165, 1.54) is 11.0 Å². The van der Waals surface area contributed by atoms with Crippen molar-refractivity contribution in [3.05, 3.63) is 24.0 Å². The zero-order chi connectivity index (χ0) is 16.6. The molecule has 2 atom stereocenters. The predicted octanol–water partition coefficient (Wildman–Crippen LogP) is 3.48. The first-order valence-electron chi connectivity index (χ1n) is 7.36. The molecule has 2 aliphatic rings. The van der Waals surface area contributed by atoms with Gasteiger partial charge in [0.1, 0.15) is 11.9 Å². The van der Waals surface area contributed by atoms with E-state index in [2.05, 4.69) is 4.74 Å². The highest BCUT2D eigenvalue weighted by Crippen LogP contribution is 2.37. The smallest absolute Gasteiger partial charge is 0.407 e. The number of rotatable bonds is 4. The number of fused-ring (bicyclic) bond motifs is 2. The lowest BCUT2D eigenvalue weighted by Gasteiger charge is -2.37. The molecule has 2 bridgehead atoms. The quantitative estimate of drug-likeness (QED) is 0.918. The first-order chi connectivity index (χ1) is 10.9. The lowest BCUT2D eigenvalue weighted by atomic mass is 10.0. The number of hydrogen-bond donors (Lipinski definition) is 1. The Morgan fingerprint density at radius 1 is 1.26 bits per heavy atom. The molecule has 5 nitrogen and oxygen atoms in total. The van der Waals surface area contributed by atoms with Gasteiger partial charge in [0.05, 0.1) is 0 Å². The van der Waals surface area contributed by atoms with Crippen LogP contribution in [0.3, 0.4) is 0 Å². The fourth-order valence-electron chi connectivity index (χ4n) is 3.47. The van der Waals surface area contributed by atoms with Crippen LogP contribution >= 0.6 is 0 Å². The lowest BCUT2D eigenvalue weighted by Crippen LogP contribution is -2.48. The predicted molar refractivity (Wildman–Crippen MR) is 73.4 cm³/mol. The summed E-state index contributed by atoms with van der Waals surface area (Å²) < 4.78 is 47.7. The summed E-state index contributed by atoms with van der Waals surface area (Å²) in [6, 6.07) is 3.27. The highest BCUT2D eigenvalue weighted by molar-refractivity contribution is 5.66. The van der Waals surface area contributed by atoms with Crippen LogP contribution in [0.5, 0.6) is 11.5 Å². The van der Waals surface area contributed by atoms with Crippen LogP contribution in [0.15, 0.2) is 18.2 Å². The van der Waals surface area contributed by atoms with Crippen molar-refractivity contribution in [3.8, 4) is 11.5 Å². The summed E-state index contributed by atoms with van der Waals surface area (Å²) in [5.74, 6) is -1.22. The summed E-state index contributed by atoms with van der Waals surface area (Å²) in [7, 11) is 0. The standard InChI is InChI=1S/C15H16F3NO4/c16-12-4-3-10(7-13(12)23-14(17)18)22-11-5-8-1-2-9(6-11)19(8)15(20)21/h3-4,7-9,11,14H,1-2,5-6H2,(H,20,21). The fraction of sp³-hybridized carbons (Fsp3) is 0.533. The van der Waals surface area contributed by atoms with Crippen LogP contribution in [-0.2, 0) is 0 Å². The molecular weight excluding hydrogens is 315 g/mol. The van der Waals surface area contributed by atoms with Gasteiger partial charge in [-0.25, -0.2) is 9.18 Å². The molecular formula is C15H16F3NO4. The molecule has 1 aromatic rings. The van der Waals surface area contributed by atoms with Crippen molar-refractivity contribution in [2.45, 2.75) is 50.5 Å². The first-order valence-corrected chi connectivity index (χ1v) is 7.36. The maximum Gasteiger partial charge on any atom is 0.407 e. The second kappa shape index (κ2) is 6.17. The number of amides is 1. The molecule has 2 unspecified atom stereocenters. The van der Waals surface area contributed by atoms with Crippen molar-refractivity contribution < 1.29 is 32.5 Å². The zero-order valence-electron chi connectivity index (χ0n) is 12.1. The van der Waals surface area contributed by atoms with Gasteiger partial charge in [-0.3, -0.25) is 0 Å². The molecule has 23 heavy (non-hydrogen) atoms. The highest BCUT2D eigenvalue weighted by Gasteiger charge is 2.44. The molecule has 0 aromatic heterocycles. The Hall–Kier alpha value is -2.12. The monoisotopic (exact) mass is 331 g/mol. The minimum Gasteiger partial charge on any atom is -0.490 e. The summed E-state index contributed by atoms with van der Waals surface area (Å²) >= 11 is 0. The Morgan fingerprint density at radius 3 is 2.48 bits per heavy atom. The van der Waals surface area contributed by atoms with Gasteiger partial charge in [-0.2, -0.15) is 8.78 Å². The third-order valence-electron chi connectivity index (χ3n) is 4.33. The van der Waals surface area contributed by atoms with E-state index in [0.29, 0.717) is 12.8 Å². The Bertz CT molecular complexity index is 584. The van der Waals surface area contributed by atoms with Gasteiger partial charge in [0.2, 0.25) is 0 Å². The summed E-state index contributed by atoms with van der Waals surface area (Å²) in [6.07, 6.45) is 1.49. The van der Waals surface area contributed by atoms with Crippen LogP contribution in [-0.4, -0.2) is 40.9 Å². The normalized spacial score (nSPS) is 26.4. The molecule has 0 aliphatic carbocycles. The molecule has 2 heterocycles. The van der Waals surface area contributed by atoms with Crippen LogP contribution in [0, 0.1) is 5.82 Å². The molecule has 1 aromatic carbocycles. The topological polar surface area (TPSA) is 59.0 Å². The van der Waals surface area contributed by atoms with Crippen molar-refractivity contribution in [2.75, 3.05) is 0 Å². The number of hydrogen-bond acceptors (Lipinski definition) is 3. The molecule has 3 rings (SSSR count). The molecule has 1 N–H and O–H groups in total. The van der Waals surface area contributed by atoms with E-state index in [-0.39, 0.29) is 23.9 Å². The third-order valence-corrected chi connectivity index (χ3v) is 4.33. The Balaban J connectivity index is 1.68. The molecule has 1 amide bonds. The van der Waals surface area contributed by atoms with E-state index in [1.807, 2.05) is 0 Å².